The van der Waals surface area contributed by atoms with Gasteiger partial charge in [-0.1, -0.05) is 0 Å². The predicted octanol–water partition coefficient (Wildman–Crippen LogP) is 1.59. The third kappa shape index (κ3) is 1.59. The van der Waals surface area contributed by atoms with Crippen molar-refractivity contribution in [1.82, 2.24) is 0 Å². The van der Waals surface area contributed by atoms with Gasteiger partial charge in [0.2, 0.25) is 0 Å². The largest absolute Gasteiger partial charge is 0.298 e. The second kappa shape index (κ2) is 3.66. The highest BCUT2D eigenvalue weighted by atomic mass is 16.6. The second-order valence-electron chi connectivity index (χ2n) is 2.72. The molecule has 5 nitrogen and oxygen atoms in total. The molecular formula is C9H6N2O3. The number of aldehydes is 1. The summed E-state index contributed by atoms with van der Waals surface area (Å²) in [7, 11) is 0. The zero-order valence-electron chi connectivity index (χ0n) is 7.35. The van der Waals surface area contributed by atoms with Gasteiger partial charge in [0.25, 0.3) is 5.69 Å². The summed E-state index contributed by atoms with van der Waals surface area (Å²) < 4.78 is 0. The normalized spacial score (nSPS) is 9.14. The first-order chi connectivity index (χ1) is 6.60. The number of benzene rings is 1. The molecule has 0 radical (unpaired) electrons. The van der Waals surface area contributed by atoms with E-state index >= 15 is 0 Å². The van der Waals surface area contributed by atoms with Crippen LogP contribution in [-0.4, -0.2) is 11.2 Å². The Morgan fingerprint density at radius 2 is 2.21 bits per heavy atom. The average Bonchev–Trinajstić information content (AvgIpc) is 2.16. The van der Waals surface area contributed by atoms with Crippen LogP contribution in [-0.2, 0) is 0 Å². The maximum absolute atomic E-state index is 10.5. The van der Waals surface area contributed by atoms with Crippen LogP contribution < -0.4 is 0 Å². The molecule has 0 aliphatic heterocycles. The monoisotopic (exact) mass is 190 g/mol. The molecule has 0 fully saturated rings. The van der Waals surface area contributed by atoms with Crippen LogP contribution in [0.15, 0.2) is 12.1 Å². The molecule has 0 spiro atoms. The maximum Gasteiger partial charge on any atom is 0.288 e. The Kier molecular flexibility index (Phi) is 2.58. The number of nitro benzene ring substituents is 1. The summed E-state index contributed by atoms with van der Waals surface area (Å²) in [5.41, 5.74) is 0.312. The van der Waals surface area contributed by atoms with Crippen molar-refractivity contribution in [2.75, 3.05) is 0 Å². The fourth-order valence-corrected chi connectivity index (χ4v) is 1.15. The minimum atomic E-state index is -0.668. The third-order valence-electron chi connectivity index (χ3n) is 1.78. The number of aryl methyl sites for hydroxylation is 1. The summed E-state index contributed by atoms with van der Waals surface area (Å²) in [5, 5.41) is 19.2. The molecule has 0 unspecified atom stereocenters. The quantitative estimate of drug-likeness (QED) is 0.402. The standard InChI is InChI=1S/C9H6N2O3/c1-6-2-7(5-12)3-9(11(13)14)8(6)4-10/h2-3,5H,1H3. The Morgan fingerprint density at radius 1 is 1.57 bits per heavy atom. The number of nitriles is 1. The zero-order valence-corrected chi connectivity index (χ0v) is 7.35. The van der Waals surface area contributed by atoms with E-state index in [4.69, 9.17) is 5.26 Å². The lowest BCUT2D eigenvalue weighted by Crippen LogP contribution is -1.96. The number of hydrogen-bond donors (Lipinski definition) is 0. The van der Waals surface area contributed by atoms with Gasteiger partial charge in [-0.05, 0) is 18.6 Å². The van der Waals surface area contributed by atoms with Gasteiger partial charge in [0.15, 0.2) is 0 Å². The molecule has 1 rings (SSSR count). The summed E-state index contributed by atoms with van der Waals surface area (Å²) in [6.07, 6.45) is 0.515. The zero-order chi connectivity index (χ0) is 10.7. The molecule has 0 aliphatic carbocycles. The molecule has 0 saturated carbocycles. The van der Waals surface area contributed by atoms with Crippen molar-refractivity contribution >= 4 is 12.0 Å². The molecule has 0 saturated heterocycles. The van der Waals surface area contributed by atoms with Gasteiger partial charge in [-0.15, -0.1) is 0 Å². The summed E-state index contributed by atoms with van der Waals surface area (Å²) in [6, 6.07) is 4.28. The van der Waals surface area contributed by atoms with Crippen LogP contribution in [0.2, 0.25) is 0 Å². The van der Waals surface area contributed by atoms with E-state index in [-0.39, 0.29) is 16.8 Å². The summed E-state index contributed by atoms with van der Waals surface area (Å²) in [6.45, 7) is 1.55. The van der Waals surface area contributed by atoms with Crippen LogP contribution in [0.25, 0.3) is 0 Å². The molecule has 70 valence electrons. The lowest BCUT2D eigenvalue weighted by Gasteiger charge is -1.99. The Morgan fingerprint density at radius 3 is 2.64 bits per heavy atom. The molecule has 0 N–H and O–H groups in total. The SMILES string of the molecule is Cc1cc(C=O)cc([N+](=O)[O-])c1C#N. The van der Waals surface area contributed by atoms with E-state index in [9.17, 15) is 14.9 Å². The molecular weight excluding hydrogens is 184 g/mol. The first-order valence-corrected chi connectivity index (χ1v) is 3.74. The Bertz CT molecular complexity index is 446. The van der Waals surface area contributed by atoms with Crippen LogP contribution in [0.3, 0.4) is 0 Å². The van der Waals surface area contributed by atoms with Crippen LogP contribution in [0.1, 0.15) is 21.5 Å². The third-order valence-corrected chi connectivity index (χ3v) is 1.78. The van der Waals surface area contributed by atoms with Gasteiger partial charge in [-0.25, -0.2) is 0 Å². The van der Waals surface area contributed by atoms with Gasteiger partial charge in [0, 0.05) is 11.6 Å². The van der Waals surface area contributed by atoms with Crippen LogP contribution >= 0.6 is 0 Å². The molecule has 0 heterocycles. The Balaban J connectivity index is 3.53. The predicted molar refractivity (Wildman–Crippen MR) is 47.9 cm³/mol. The summed E-state index contributed by atoms with van der Waals surface area (Å²) in [4.78, 5) is 20.3. The Labute approximate surface area is 79.7 Å². The van der Waals surface area contributed by atoms with E-state index in [1.165, 1.54) is 6.07 Å². The highest BCUT2D eigenvalue weighted by Crippen LogP contribution is 2.22. The van der Waals surface area contributed by atoms with E-state index in [0.717, 1.165) is 6.07 Å². The number of nitrogens with zero attached hydrogens (tertiary/aromatic N) is 2. The van der Waals surface area contributed by atoms with Crippen LogP contribution in [0.4, 0.5) is 5.69 Å². The highest BCUT2D eigenvalue weighted by Gasteiger charge is 2.16. The average molecular weight is 190 g/mol. The minimum Gasteiger partial charge on any atom is -0.298 e. The second-order valence-corrected chi connectivity index (χ2v) is 2.72. The van der Waals surface area contributed by atoms with Crippen molar-refractivity contribution in [3.63, 3.8) is 0 Å². The van der Waals surface area contributed by atoms with Crippen molar-refractivity contribution < 1.29 is 9.72 Å². The molecule has 1 aromatic rings. The highest BCUT2D eigenvalue weighted by molar-refractivity contribution is 5.78. The van der Waals surface area contributed by atoms with E-state index in [1.54, 1.807) is 13.0 Å². The maximum atomic E-state index is 10.5. The lowest BCUT2D eigenvalue weighted by molar-refractivity contribution is -0.385. The smallest absolute Gasteiger partial charge is 0.288 e. The van der Waals surface area contributed by atoms with Gasteiger partial charge in [-0.2, -0.15) is 5.26 Å². The van der Waals surface area contributed by atoms with E-state index in [0.29, 0.717) is 11.8 Å². The topological polar surface area (TPSA) is 84.0 Å². The molecule has 0 amide bonds. The first kappa shape index (κ1) is 9.86. The van der Waals surface area contributed by atoms with Gasteiger partial charge < -0.3 is 0 Å². The van der Waals surface area contributed by atoms with E-state index in [1.807, 2.05) is 0 Å². The summed E-state index contributed by atoms with van der Waals surface area (Å²) in [5.74, 6) is 0. The number of nitro groups is 1. The summed E-state index contributed by atoms with van der Waals surface area (Å²) >= 11 is 0. The fraction of sp³-hybridized carbons (Fsp3) is 0.111. The number of hydrogen-bond acceptors (Lipinski definition) is 4. The lowest BCUT2D eigenvalue weighted by atomic mass is 10.0. The fourth-order valence-electron chi connectivity index (χ4n) is 1.15. The van der Waals surface area contributed by atoms with Gasteiger partial charge in [0.1, 0.15) is 17.9 Å². The molecule has 1 aromatic carbocycles. The van der Waals surface area contributed by atoms with Gasteiger partial charge in [-0.3, -0.25) is 14.9 Å². The van der Waals surface area contributed by atoms with Crippen molar-refractivity contribution in [1.29, 1.82) is 5.26 Å². The molecule has 14 heavy (non-hydrogen) atoms. The number of carbonyl (C=O) groups excluding carboxylic acids is 1. The first-order valence-electron chi connectivity index (χ1n) is 3.74. The number of rotatable bonds is 2. The van der Waals surface area contributed by atoms with Crippen LogP contribution in [0, 0.1) is 28.4 Å². The minimum absolute atomic E-state index is 0.000556. The molecule has 0 bridgehead atoms. The van der Waals surface area contributed by atoms with Crippen molar-refractivity contribution in [3.05, 3.63) is 38.9 Å². The molecule has 0 atom stereocenters. The van der Waals surface area contributed by atoms with E-state index in [2.05, 4.69) is 0 Å². The Hall–Kier alpha value is -2.22. The van der Waals surface area contributed by atoms with Crippen LogP contribution in [0.5, 0.6) is 0 Å². The van der Waals surface area contributed by atoms with Gasteiger partial charge >= 0.3 is 0 Å². The van der Waals surface area contributed by atoms with Crippen molar-refractivity contribution in [2.24, 2.45) is 0 Å². The number of carbonyl (C=O) groups is 1. The van der Waals surface area contributed by atoms with Crippen molar-refractivity contribution in [3.8, 4) is 6.07 Å². The molecule has 0 aromatic heterocycles. The molecule has 0 aliphatic rings. The van der Waals surface area contributed by atoms with E-state index < -0.39 is 4.92 Å². The molecule has 5 heteroatoms. The van der Waals surface area contributed by atoms with Crippen molar-refractivity contribution in [2.45, 2.75) is 6.92 Å². The van der Waals surface area contributed by atoms with Gasteiger partial charge in [0.05, 0.1) is 4.92 Å².